The van der Waals surface area contributed by atoms with Gasteiger partial charge in [0.2, 0.25) is 5.95 Å². The Morgan fingerprint density at radius 3 is 2.17 bits per heavy atom. The molecule has 2 heterocycles. The van der Waals surface area contributed by atoms with Crippen molar-refractivity contribution < 1.29 is 0 Å². The lowest BCUT2D eigenvalue weighted by atomic mass is 10.1. The minimum atomic E-state index is 0.535. The molecule has 3 aromatic rings. The van der Waals surface area contributed by atoms with Gasteiger partial charge in [-0.2, -0.15) is 0 Å². The molecule has 0 saturated heterocycles. The third kappa shape index (κ3) is 4.30. The maximum atomic E-state index is 5.92. The van der Waals surface area contributed by atoms with Crippen LogP contribution >= 0.6 is 11.6 Å². The van der Waals surface area contributed by atoms with E-state index in [1.165, 1.54) is 11.1 Å². The van der Waals surface area contributed by atoms with Crippen molar-refractivity contribution in [2.24, 2.45) is 0 Å². The largest absolute Gasteiger partial charge is 0.332 e. The molecule has 0 bridgehead atoms. The topological polar surface area (TPSA) is 41.9 Å². The van der Waals surface area contributed by atoms with Crippen LogP contribution in [-0.4, -0.2) is 15.0 Å². The molecule has 4 nitrogen and oxygen atoms in total. The Kier molecular flexibility index (Phi) is 5.39. The molecule has 122 valence electrons. The lowest BCUT2D eigenvalue weighted by Crippen LogP contribution is -2.24. The summed E-state index contributed by atoms with van der Waals surface area (Å²) < 4.78 is 0. The molecule has 1 aromatic carbocycles. The van der Waals surface area contributed by atoms with Crippen LogP contribution < -0.4 is 4.90 Å². The second-order valence-corrected chi connectivity index (χ2v) is 6.03. The molecule has 0 radical (unpaired) electrons. The number of rotatable bonds is 6. The number of aromatic nitrogens is 3. The van der Waals surface area contributed by atoms with Crippen molar-refractivity contribution in [1.82, 2.24) is 15.0 Å². The van der Waals surface area contributed by atoms with E-state index in [0.29, 0.717) is 17.5 Å². The van der Waals surface area contributed by atoms with Crippen LogP contribution in [0.25, 0.3) is 0 Å². The molecule has 0 unspecified atom stereocenters. The van der Waals surface area contributed by atoms with Gasteiger partial charge in [-0.3, -0.25) is 4.98 Å². The van der Waals surface area contributed by atoms with E-state index in [2.05, 4.69) is 57.1 Å². The van der Waals surface area contributed by atoms with Gasteiger partial charge in [-0.05, 0) is 29.2 Å². The van der Waals surface area contributed by atoms with Gasteiger partial charge in [0.05, 0.1) is 17.4 Å². The molecule has 0 spiro atoms. The van der Waals surface area contributed by atoms with Crippen molar-refractivity contribution in [2.45, 2.75) is 26.4 Å². The summed E-state index contributed by atoms with van der Waals surface area (Å²) in [5.74, 6) is 0.655. The third-order valence-electron chi connectivity index (χ3n) is 3.79. The van der Waals surface area contributed by atoms with E-state index < -0.39 is 0 Å². The molecule has 24 heavy (non-hydrogen) atoms. The maximum Gasteiger partial charge on any atom is 0.225 e. The first kappa shape index (κ1) is 16.4. The highest BCUT2D eigenvalue weighted by Crippen LogP contribution is 2.17. The summed E-state index contributed by atoms with van der Waals surface area (Å²) in [4.78, 5) is 15.0. The Hall–Kier alpha value is -2.46. The lowest BCUT2D eigenvalue weighted by molar-refractivity contribution is 0.760. The Morgan fingerprint density at radius 2 is 1.54 bits per heavy atom. The Balaban J connectivity index is 1.84. The van der Waals surface area contributed by atoms with Crippen LogP contribution in [0.3, 0.4) is 0 Å². The lowest BCUT2D eigenvalue weighted by Gasteiger charge is -2.22. The van der Waals surface area contributed by atoms with Crippen molar-refractivity contribution in [1.29, 1.82) is 0 Å². The predicted octanol–water partition coefficient (Wildman–Crippen LogP) is 4.29. The predicted molar refractivity (Wildman–Crippen MR) is 97.0 cm³/mol. The fourth-order valence-corrected chi connectivity index (χ4v) is 2.58. The van der Waals surface area contributed by atoms with Gasteiger partial charge in [0.1, 0.15) is 0 Å². The first-order valence-corrected chi connectivity index (χ1v) is 8.31. The van der Waals surface area contributed by atoms with E-state index >= 15 is 0 Å². The molecule has 0 saturated carbocycles. The average molecular weight is 339 g/mol. The smallest absolute Gasteiger partial charge is 0.225 e. The quantitative estimate of drug-likeness (QED) is 0.672. The van der Waals surface area contributed by atoms with Gasteiger partial charge < -0.3 is 4.90 Å². The SMILES string of the molecule is CCc1ccc(CN(Cc2cccnc2)c2ncc(Cl)cn2)cc1. The Bertz CT molecular complexity index is 758. The van der Waals surface area contributed by atoms with Crippen LogP contribution in [0.2, 0.25) is 5.02 Å². The Morgan fingerprint density at radius 1 is 0.875 bits per heavy atom. The number of anilines is 1. The van der Waals surface area contributed by atoms with Crippen molar-refractivity contribution in [3.63, 3.8) is 0 Å². The average Bonchev–Trinajstić information content (AvgIpc) is 2.63. The summed E-state index contributed by atoms with van der Waals surface area (Å²) in [7, 11) is 0. The molecule has 0 atom stereocenters. The summed E-state index contributed by atoms with van der Waals surface area (Å²) >= 11 is 5.92. The molecule has 0 aliphatic carbocycles. The number of halogens is 1. The fraction of sp³-hybridized carbons (Fsp3) is 0.211. The van der Waals surface area contributed by atoms with Crippen LogP contribution in [0, 0.1) is 0 Å². The summed E-state index contributed by atoms with van der Waals surface area (Å²) in [6.07, 6.45) is 7.93. The minimum absolute atomic E-state index is 0.535. The first-order chi connectivity index (χ1) is 11.7. The molecule has 3 rings (SSSR count). The van der Waals surface area contributed by atoms with Gasteiger partial charge >= 0.3 is 0 Å². The van der Waals surface area contributed by atoms with Crippen molar-refractivity contribution in [3.05, 3.63) is 82.9 Å². The number of aryl methyl sites for hydroxylation is 1. The van der Waals surface area contributed by atoms with Crippen LogP contribution in [0.1, 0.15) is 23.6 Å². The van der Waals surface area contributed by atoms with Gasteiger partial charge in [0.25, 0.3) is 0 Å². The highest BCUT2D eigenvalue weighted by Gasteiger charge is 2.11. The van der Waals surface area contributed by atoms with E-state index in [1.54, 1.807) is 18.6 Å². The van der Waals surface area contributed by atoms with Gasteiger partial charge in [-0.15, -0.1) is 0 Å². The van der Waals surface area contributed by atoms with Gasteiger partial charge in [0, 0.05) is 25.5 Å². The molecule has 0 aliphatic rings. The van der Waals surface area contributed by atoms with E-state index in [1.807, 2.05) is 12.3 Å². The van der Waals surface area contributed by atoms with E-state index in [0.717, 1.165) is 18.5 Å². The molecule has 0 amide bonds. The van der Waals surface area contributed by atoms with Gasteiger partial charge in [0.15, 0.2) is 0 Å². The second kappa shape index (κ2) is 7.88. The van der Waals surface area contributed by atoms with Crippen LogP contribution in [0.5, 0.6) is 0 Å². The monoisotopic (exact) mass is 338 g/mol. The number of nitrogens with zero attached hydrogens (tertiary/aromatic N) is 4. The van der Waals surface area contributed by atoms with Crippen LogP contribution in [0.4, 0.5) is 5.95 Å². The molecule has 5 heteroatoms. The molecule has 0 aliphatic heterocycles. The molecule has 0 fully saturated rings. The van der Waals surface area contributed by atoms with Crippen molar-refractivity contribution >= 4 is 17.5 Å². The zero-order chi connectivity index (χ0) is 16.8. The third-order valence-corrected chi connectivity index (χ3v) is 3.99. The number of benzene rings is 1. The standard InChI is InChI=1S/C19H19ClN4/c1-2-15-5-7-16(8-6-15)13-24(14-17-4-3-9-21-10-17)19-22-11-18(20)12-23-19/h3-12H,2,13-14H2,1H3. The highest BCUT2D eigenvalue weighted by molar-refractivity contribution is 6.30. The van der Waals surface area contributed by atoms with Crippen molar-refractivity contribution in [2.75, 3.05) is 4.90 Å². The molecule has 2 aromatic heterocycles. The zero-order valence-electron chi connectivity index (χ0n) is 13.6. The van der Waals surface area contributed by atoms with Crippen LogP contribution in [-0.2, 0) is 19.5 Å². The van der Waals surface area contributed by atoms with E-state index in [-0.39, 0.29) is 0 Å². The summed E-state index contributed by atoms with van der Waals surface area (Å²) in [6.45, 7) is 3.57. The van der Waals surface area contributed by atoms with Gasteiger partial charge in [-0.25, -0.2) is 9.97 Å². The first-order valence-electron chi connectivity index (χ1n) is 7.94. The van der Waals surface area contributed by atoms with Crippen molar-refractivity contribution in [3.8, 4) is 0 Å². The summed E-state index contributed by atoms with van der Waals surface area (Å²) in [5, 5.41) is 0.535. The highest BCUT2D eigenvalue weighted by atomic mass is 35.5. The number of hydrogen-bond acceptors (Lipinski definition) is 4. The molecular weight excluding hydrogens is 320 g/mol. The fourth-order valence-electron chi connectivity index (χ4n) is 2.48. The molecular formula is C19H19ClN4. The number of pyridine rings is 1. The van der Waals surface area contributed by atoms with E-state index in [9.17, 15) is 0 Å². The minimum Gasteiger partial charge on any atom is -0.332 e. The Labute approximate surface area is 147 Å². The summed E-state index contributed by atoms with van der Waals surface area (Å²) in [6, 6.07) is 12.6. The number of hydrogen-bond donors (Lipinski definition) is 0. The summed E-state index contributed by atoms with van der Waals surface area (Å²) in [5.41, 5.74) is 3.66. The zero-order valence-corrected chi connectivity index (χ0v) is 14.3. The van der Waals surface area contributed by atoms with E-state index in [4.69, 9.17) is 11.6 Å². The maximum absolute atomic E-state index is 5.92. The van der Waals surface area contributed by atoms with Crippen LogP contribution in [0.15, 0.2) is 61.2 Å². The van der Waals surface area contributed by atoms with Gasteiger partial charge in [-0.1, -0.05) is 48.9 Å². The molecule has 0 N–H and O–H groups in total. The second-order valence-electron chi connectivity index (χ2n) is 5.59. The normalized spacial score (nSPS) is 10.6.